The number of nitrogens with one attached hydrogen (secondary N) is 1. The van der Waals surface area contributed by atoms with E-state index in [1.54, 1.807) is 36.4 Å². The second-order valence-corrected chi connectivity index (χ2v) is 5.04. The number of esters is 1. The predicted octanol–water partition coefficient (Wildman–Crippen LogP) is 3.43. The molecule has 2 aromatic rings. The molecular weight excluding hydrogens is 334 g/mol. The van der Waals surface area contributed by atoms with Crippen molar-refractivity contribution in [3.05, 3.63) is 52.0 Å². The van der Waals surface area contributed by atoms with Crippen molar-refractivity contribution in [2.75, 3.05) is 18.2 Å². The van der Waals surface area contributed by atoms with Crippen LogP contribution in [-0.4, -0.2) is 13.1 Å². The molecule has 3 N–H and O–H groups in total. The molecule has 5 nitrogen and oxygen atoms in total. The van der Waals surface area contributed by atoms with Crippen LogP contribution in [0.25, 0.3) is 0 Å². The normalized spacial score (nSPS) is 9.76. The summed E-state index contributed by atoms with van der Waals surface area (Å²) in [5.74, 6) is -0.491. The zero-order valence-electron chi connectivity index (χ0n) is 11.2. The molecule has 0 fully saturated rings. The maximum Gasteiger partial charge on any atom is 0.340 e. The second-order valence-electron chi connectivity index (χ2n) is 4.19. The van der Waals surface area contributed by atoms with Crippen LogP contribution in [0.15, 0.2) is 40.9 Å². The molecule has 0 heterocycles. The molecule has 21 heavy (non-hydrogen) atoms. The fraction of sp³-hybridized carbons (Fsp3) is 0.0667. The molecule has 6 heteroatoms. The fourth-order valence-corrected chi connectivity index (χ4v) is 2.27. The number of nitrogens with zero attached hydrogens (tertiary/aromatic N) is 1. The largest absolute Gasteiger partial charge is 0.465 e. The van der Waals surface area contributed by atoms with Gasteiger partial charge in [-0.1, -0.05) is 6.07 Å². The summed E-state index contributed by atoms with van der Waals surface area (Å²) in [6.45, 7) is 0. The van der Waals surface area contributed by atoms with E-state index in [-0.39, 0.29) is 0 Å². The van der Waals surface area contributed by atoms with E-state index in [1.165, 1.54) is 7.11 Å². The number of nitrogens with two attached hydrogens (primary N) is 1. The van der Waals surface area contributed by atoms with Gasteiger partial charge in [-0.05, 0) is 46.3 Å². The van der Waals surface area contributed by atoms with Crippen LogP contribution < -0.4 is 11.1 Å². The number of ether oxygens (including phenoxy) is 1. The number of anilines is 3. The molecule has 0 aliphatic carbocycles. The number of nitriles is 1. The summed E-state index contributed by atoms with van der Waals surface area (Å²) >= 11 is 3.39. The van der Waals surface area contributed by atoms with Gasteiger partial charge >= 0.3 is 5.97 Å². The van der Waals surface area contributed by atoms with E-state index in [0.29, 0.717) is 22.5 Å². The number of carbonyl (C=O) groups is 1. The van der Waals surface area contributed by atoms with Gasteiger partial charge in [-0.15, -0.1) is 0 Å². The van der Waals surface area contributed by atoms with Gasteiger partial charge < -0.3 is 15.8 Å². The maximum atomic E-state index is 11.6. The van der Waals surface area contributed by atoms with E-state index in [1.807, 2.05) is 0 Å². The maximum absolute atomic E-state index is 11.6. The summed E-state index contributed by atoms with van der Waals surface area (Å²) in [7, 11) is 1.30. The highest BCUT2D eigenvalue weighted by Crippen LogP contribution is 2.31. The third-order valence-electron chi connectivity index (χ3n) is 2.88. The molecule has 0 spiro atoms. The summed E-state index contributed by atoms with van der Waals surface area (Å²) < 4.78 is 5.41. The quantitative estimate of drug-likeness (QED) is 0.657. The first-order valence-corrected chi connectivity index (χ1v) is 6.79. The molecule has 0 aromatic heterocycles. The van der Waals surface area contributed by atoms with Gasteiger partial charge in [-0.2, -0.15) is 5.26 Å². The van der Waals surface area contributed by atoms with Crippen LogP contribution in [0.4, 0.5) is 17.1 Å². The van der Waals surface area contributed by atoms with Crippen molar-refractivity contribution in [1.82, 2.24) is 0 Å². The lowest BCUT2D eigenvalue weighted by Gasteiger charge is -2.13. The summed E-state index contributed by atoms with van der Waals surface area (Å²) in [4.78, 5) is 11.6. The zero-order chi connectivity index (χ0) is 15.4. The second kappa shape index (κ2) is 6.29. The number of carbonyl (C=O) groups excluding carboxylic acids is 1. The Morgan fingerprint density at radius 3 is 2.71 bits per heavy atom. The smallest absolute Gasteiger partial charge is 0.340 e. The molecule has 0 unspecified atom stereocenters. The monoisotopic (exact) mass is 345 g/mol. The number of hydrogen-bond acceptors (Lipinski definition) is 5. The van der Waals surface area contributed by atoms with Crippen LogP contribution in [0.5, 0.6) is 0 Å². The number of hydrogen-bond donors (Lipinski definition) is 2. The lowest BCUT2D eigenvalue weighted by molar-refractivity contribution is 0.0602. The Labute approximate surface area is 130 Å². The third-order valence-corrected chi connectivity index (χ3v) is 3.54. The third kappa shape index (κ3) is 3.15. The number of nitrogen functional groups attached to an aromatic ring is 1. The minimum Gasteiger partial charge on any atom is -0.465 e. The molecule has 0 atom stereocenters. The van der Waals surface area contributed by atoms with Gasteiger partial charge in [-0.25, -0.2) is 4.79 Å². The standard InChI is InChI=1S/C15H12BrN3O2/c1-21-15(20)10-3-2-4-13(14(10)18)19-12-6-5-9(8-17)7-11(12)16/h2-7,19H,18H2,1H3. The first-order valence-electron chi connectivity index (χ1n) is 6.00. The van der Waals surface area contributed by atoms with Crippen molar-refractivity contribution in [3.63, 3.8) is 0 Å². The fourth-order valence-electron chi connectivity index (χ4n) is 1.79. The molecule has 0 aliphatic rings. The first kappa shape index (κ1) is 14.9. The van der Waals surface area contributed by atoms with Crippen LogP contribution in [0, 0.1) is 11.3 Å². The predicted molar refractivity (Wildman–Crippen MR) is 84.3 cm³/mol. The van der Waals surface area contributed by atoms with Crippen molar-refractivity contribution >= 4 is 39.0 Å². The van der Waals surface area contributed by atoms with Crippen molar-refractivity contribution in [1.29, 1.82) is 5.26 Å². The van der Waals surface area contributed by atoms with E-state index < -0.39 is 5.97 Å². The van der Waals surface area contributed by atoms with Crippen molar-refractivity contribution < 1.29 is 9.53 Å². The van der Waals surface area contributed by atoms with Crippen LogP contribution in [0.2, 0.25) is 0 Å². The van der Waals surface area contributed by atoms with E-state index >= 15 is 0 Å². The Kier molecular flexibility index (Phi) is 4.45. The Morgan fingerprint density at radius 2 is 2.10 bits per heavy atom. The van der Waals surface area contributed by atoms with Gasteiger partial charge in [-0.3, -0.25) is 0 Å². The Balaban J connectivity index is 2.37. The number of rotatable bonds is 3. The molecule has 0 saturated carbocycles. The molecule has 106 valence electrons. The zero-order valence-corrected chi connectivity index (χ0v) is 12.8. The highest BCUT2D eigenvalue weighted by atomic mass is 79.9. The van der Waals surface area contributed by atoms with E-state index in [2.05, 4.69) is 32.1 Å². The molecule has 0 saturated heterocycles. The number of halogens is 1. The van der Waals surface area contributed by atoms with Gasteiger partial charge in [0.25, 0.3) is 0 Å². The molecule has 2 aromatic carbocycles. The van der Waals surface area contributed by atoms with Gasteiger partial charge in [0.05, 0.1) is 41.4 Å². The van der Waals surface area contributed by atoms with Crippen molar-refractivity contribution in [3.8, 4) is 6.07 Å². The van der Waals surface area contributed by atoms with Gasteiger partial charge in [0.1, 0.15) is 0 Å². The van der Waals surface area contributed by atoms with E-state index in [0.717, 1.165) is 10.2 Å². The van der Waals surface area contributed by atoms with Crippen molar-refractivity contribution in [2.45, 2.75) is 0 Å². The summed E-state index contributed by atoms with van der Waals surface area (Å²) in [5.41, 5.74) is 8.46. The minimum atomic E-state index is -0.491. The molecule has 0 aliphatic heterocycles. The van der Waals surface area contributed by atoms with Crippen molar-refractivity contribution in [2.24, 2.45) is 0 Å². The van der Waals surface area contributed by atoms with Crippen LogP contribution in [0.1, 0.15) is 15.9 Å². The highest BCUT2D eigenvalue weighted by molar-refractivity contribution is 9.10. The molecule has 0 amide bonds. The Bertz CT molecular complexity index is 738. The van der Waals surface area contributed by atoms with Gasteiger partial charge in [0, 0.05) is 4.47 Å². The van der Waals surface area contributed by atoms with Crippen LogP contribution in [-0.2, 0) is 4.74 Å². The summed E-state index contributed by atoms with van der Waals surface area (Å²) in [6.07, 6.45) is 0. The minimum absolute atomic E-state index is 0.298. The number of methoxy groups -OCH3 is 1. The lowest BCUT2D eigenvalue weighted by Crippen LogP contribution is -2.07. The van der Waals surface area contributed by atoms with Crippen LogP contribution in [0.3, 0.4) is 0 Å². The van der Waals surface area contributed by atoms with Crippen LogP contribution >= 0.6 is 15.9 Å². The van der Waals surface area contributed by atoms with E-state index in [4.69, 9.17) is 11.0 Å². The lowest BCUT2D eigenvalue weighted by atomic mass is 10.1. The topological polar surface area (TPSA) is 88.1 Å². The Hall–Kier alpha value is -2.52. The number of benzene rings is 2. The summed E-state index contributed by atoms with van der Waals surface area (Å²) in [6, 6.07) is 12.3. The first-order chi connectivity index (χ1) is 10.1. The molecule has 0 bridgehead atoms. The van der Waals surface area contributed by atoms with Gasteiger partial charge in [0.15, 0.2) is 0 Å². The molecular formula is C15H12BrN3O2. The average Bonchev–Trinajstić information content (AvgIpc) is 2.50. The van der Waals surface area contributed by atoms with Gasteiger partial charge in [0.2, 0.25) is 0 Å². The van der Waals surface area contributed by atoms with E-state index in [9.17, 15) is 4.79 Å². The summed E-state index contributed by atoms with van der Waals surface area (Å²) in [5, 5.41) is 12.0. The SMILES string of the molecule is COC(=O)c1cccc(Nc2ccc(C#N)cc2Br)c1N. The average molecular weight is 346 g/mol. The highest BCUT2D eigenvalue weighted by Gasteiger charge is 2.13. The Morgan fingerprint density at radius 1 is 1.33 bits per heavy atom. The molecule has 0 radical (unpaired) electrons. The molecule has 2 rings (SSSR count). The number of para-hydroxylation sites is 1.